The number of amides is 1. The number of aromatic nitrogens is 2. The molecule has 3 heterocycles. The molecule has 0 radical (unpaired) electrons. The highest BCUT2D eigenvalue weighted by Crippen LogP contribution is 2.25. The zero-order valence-electron chi connectivity index (χ0n) is 16.2. The summed E-state index contributed by atoms with van der Waals surface area (Å²) in [6.07, 6.45) is 1.40. The Morgan fingerprint density at radius 2 is 1.97 bits per heavy atom. The van der Waals surface area contributed by atoms with E-state index in [1.807, 2.05) is 6.07 Å². The van der Waals surface area contributed by atoms with Crippen LogP contribution in [0.25, 0.3) is 0 Å². The van der Waals surface area contributed by atoms with Gasteiger partial charge in [-0.15, -0.1) is 0 Å². The van der Waals surface area contributed by atoms with Crippen molar-refractivity contribution in [2.45, 2.75) is 38.4 Å². The van der Waals surface area contributed by atoms with Crippen LogP contribution in [0, 0.1) is 11.3 Å². The highest BCUT2D eigenvalue weighted by atomic mass is 32.2. The molecule has 1 aromatic carbocycles. The van der Waals surface area contributed by atoms with Crippen molar-refractivity contribution in [3.8, 4) is 6.07 Å². The second-order valence-corrected chi connectivity index (χ2v) is 9.75. The second-order valence-electron chi connectivity index (χ2n) is 7.52. The third kappa shape index (κ3) is 3.45. The largest absolute Gasteiger partial charge is 0.331 e. The van der Waals surface area contributed by atoms with Crippen LogP contribution in [-0.2, 0) is 34.1 Å². The molecule has 0 bridgehead atoms. The number of carbonyl (C=O) groups is 1. The number of benzene rings is 1. The number of fused-ring (bicyclic) bond motifs is 1. The molecule has 0 spiro atoms. The van der Waals surface area contributed by atoms with Gasteiger partial charge in [-0.05, 0) is 31.4 Å². The van der Waals surface area contributed by atoms with E-state index in [4.69, 9.17) is 0 Å². The van der Waals surface area contributed by atoms with E-state index in [1.165, 1.54) is 9.47 Å². The van der Waals surface area contributed by atoms with E-state index < -0.39 is 39.6 Å². The summed E-state index contributed by atoms with van der Waals surface area (Å²) in [4.78, 5) is 40.2. The minimum atomic E-state index is -3.26. The quantitative estimate of drug-likeness (QED) is 0.678. The summed E-state index contributed by atoms with van der Waals surface area (Å²) in [6, 6.07) is 9.88. The molecule has 2 aliphatic heterocycles. The Balaban J connectivity index is 1.75. The zero-order valence-corrected chi connectivity index (χ0v) is 17.0. The fraction of sp³-hybridized carbons (Fsp3) is 0.400. The van der Waals surface area contributed by atoms with Gasteiger partial charge in [0.15, 0.2) is 9.84 Å². The van der Waals surface area contributed by atoms with Crippen LogP contribution < -0.4 is 16.1 Å². The summed E-state index contributed by atoms with van der Waals surface area (Å²) < 4.78 is 26.2. The molecular formula is C20H20N4O5S. The van der Waals surface area contributed by atoms with E-state index in [2.05, 4.69) is 0 Å². The standard InChI is InChI=1S/C20H20N4O5S/c21-11-16-17-7-4-9-22(17)20(27)23(19(16)26)12-18(25)24(14-5-2-1-3-6-14)15-8-10-30(28,29)13-15/h1-3,5-6,15H,4,7-10,12-13H2/t15-/m0/s1. The maximum Gasteiger partial charge on any atom is 0.331 e. The smallest absolute Gasteiger partial charge is 0.307 e. The molecule has 2 aromatic rings. The summed E-state index contributed by atoms with van der Waals surface area (Å²) in [5.74, 6) is -0.756. The van der Waals surface area contributed by atoms with Gasteiger partial charge in [0.05, 0.1) is 17.5 Å². The first-order chi connectivity index (χ1) is 14.3. The van der Waals surface area contributed by atoms with Gasteiger partial charge in [-0.25, -0.2) is 17.8 Å². The monoisotopic (exact) mass is 428 g/mol. The Hall–Kier alpha value is -3.19. The molecule has 1 fully saturated rings. The molecule has 4 rings (SSSR count). The van der Waals surface area contributed by atoms with E-state index >= 15 is 0 Å². The van der Waals surface area contributed by atoms with Crippen molar-refractivity contribution >= 4 is 21.4 Å². The Morgan fingerprint density at radius 1 is 1.23 bits per heavy atom. The van der Waals surface area contributed by atoms with Crippen LogP contribution in [-0.4, -0.2) is 41.0 Å². The van der Waals surface area contributed by atoms with Crippen molar-refractivity contribution in [1.82, 2.24) is 9.13 Å². The van der Waals surface area contributed by atoms with E-state index in [-0.39, 0.29) is 23.5 Å². The number of hydrogen-bond acceptors (Lipinski definition) is 6. The zero-order chi connectivity index (χ0) is 21.5. The minimum Gasteiger partial charge on any atom is -0.307 e. The molecule has 1 amide bonds. The second kappa shape index (κ2) is 7.57. The molecule has 1 aromatic heterocycles. The third-order valence-electron chi connectivity index (χ3n) is 5.61. The fourth-order valence-electron chi connectivity index (χ4n) is 4.23. The minimum absolute atomic E-state index is 0.0195. The number of hydrogen-bond donors (Lipinski definition) is 0. The van der Waals surface area contributed by atoms with Gasteiger partial charge in [0.2, 0.25) is 5.91 Å². The van der Waals surface area contributed by atoms with Gasteiger partial charge in [0.25, 0.3) is 5.56 Å². The molecule has 1 atom stereocenters. The normalized spacial score (nSPS) is 19.2. The lowest BCUT2D eigenvalue weighted by Crippen LogP contribution is -2.48. The number of nitrogens with zero attached hydrogens (tertiary/aromatic N) is 4. The van der Waals surface area contributed by atoms with Crippen LogP contribution in [0.5, 0.6) is 0 Å². The topological polar surface area (TPSA) is 122 Å². The number of sulfone groups is 1. The van der Waals surface area contributed by atoms with Gasteiger partial charge in [-0.2, -0.15) is 5.26 Å². The van der Waals surface area contributed by atoms with E-state index in [0.29, 0.717) is 30.8 Å². The van der Waals surface area contributed by atoms with Crippen molar-refractivity contribution in [2.24, 2.45) is 0 Å². The van der Waals surface area contributed by atoms with Gasteiger partial charge in [0, 0.05) is 17.9 Å². The highest BCUT2D eigenvalue weighted by Gasteiger charge is 2.36. The Labute approximate surface area is 172 Å². The predicted molar refractivity (Wildman–Crippen MR) is 109 cm³/mol. The van der Waals surface area contributed by atoms with E-state index in [1.54, 1.807) is 30.3 Å². The van der Waals surface area contributed by atoms with Crippen molar-refractivity contribution in [2.75, 3.05) is 16.4 Å². The number of carbonyl (C=O) groups excluding carboxylic acids is 1. The summed E-state index contributed by atoms with van der Waals surface area (Å²) in [7, 11) is -3.26. The molecule has 30 heavy (non-hydrogen) atoms. The fourth-order valence-corrected chi connectivity index (χ4v) is 5.93. The average Bonchev–Trinajstić information content (AvgIpc) is 3.33. The summed E-state index contributed by atoms with van der Waals surface area (Å²) in [6.45, 7) is -0.168. The summed E-state index contributed by atoms with van der Waals surface area (Å²) in [5, 5.41) is 9.41. The maximum absolute atomic E-state index is 13.3. The Bertz CT molecular complexity index is 1270. The molecule has 0 saturated carbocycles. The molecule has 1 saturated heterocycles. The van der Waals surface area contributed by atoms with Gasteiger partial charge in [-0.3, -0.25) is 14.2 Å². The van der Waals surface area contributed by atoms with Gasteiger partial charge >= 0.3 is 5.69 Å². The van der Waals surface area contributed by atoms with E-state index in [9.17, 15) is 28.1 Å². The van der Waals surface area contributed by atoms with Crippen LogP contribution in [0.1, 0.15) is 24.1 Å². The Kier molecular flexibility index (Phi) is 5.07. The molecule has 0 aliphatic carbocycles. The third-order valence-corrected chi connectivity index (χ3v) is 7.36. The van der Waals surface area contributed by atoms with Gasteiger partial charge in [-0.1, -0.05) is 18.2 Å². The molecule has 156 valence electrons. The average molecular weight is 428 g/mol. The number of nitriles is 1. The van der Waals surface area contributed by atoms with Crippen LogP contribution in [0.4, 0.5) is 5.69 Å². The molecule has 0 N–H and O–H groups in total. The van der Waals surface area contributed by atoms with Crippen molar-refractivity contribution in [1.29, 1.82) is 5.26 Å². The first kappa shape index (κ1) is 20.1. The molecule has 0 unspecified atom stereocenters. The lowest BCUT2D eigenvalue weighted by molar-refractivity contribution is -0.119. The Morgan fingerprint density at radius 3 is 2.60 bits per heavy atom. The van der Waals surface area contributed by atoms with Crippen molar-refractivity contribution in [3.05, 3.63) is 62.4 Å². The van der Waals surface area contributed by atoms with Crippen molar-refractivity contribution < 1.29 is 13.2 Å². The number of rotatable bonds is 4. The first-order valence-corrected chi connectivity index (χ1v) is 11.5. The van der Waals surface area contributed by atoms with Gasteiger partial charge < -0.3 is 4.90 Å². The molecular weight excluding hydrogens is 408 g/mol. The first-order valence-electron chi connectivity index (χ1n) is 9.66. The molecule has 10 heteroatoms. The van der Waals surface area contributed by atoms with E-state index in [0.717, 1.165) is 4.57 Å². The number of para-hydroxylation sites is 1. The highest BCUT2D eigenvalue weighted by molar-refractivity contribution is 7.91. The van der Waals surface area contributed by atoms with Crippen LogP contribution in [0.3, 0.4) is 0 Å². The van der Waals surface area contributed by atoms with Crippen molar-refractivity contribution in [3.63, 3.8) is 0 Å². The maximum atomic E-state index is 13.3. The molecule has 9 nitrogen and oxygen atoms in total. The number of anilines is 1. The van der Waals surface area contributed by atoms with Gasteiger partial charge in [0.1, 0.15) is 18.2 Å². The molecule has 2 aliphatic rings. The summed E-state index contributed by atoms with van der Waals surface area (Å²) in [5.41, 5.74) is -0.602. The predicted octanol–water partition coefficient (Wildman–Crippen LogP) is 0.0482. The lowest BCUT2D eigenvalue weighted by atomic mass is 10.1. The van der Waals surface area contributed by atoms with Crippen LogP contribution >= 0.6 is 0 Å². The summed E-state index contributed by atoms with van der Waals surface area (Å²) >= 11 is 0. The van der Waals surface area contributed by atoms with Crippen LogP contribution in [0.2, 0.25) is 0 Å². The SMILES string of the molecule is N#Cc1c2n(c(=O)n(CC(=O)N(c3ccccc3)[C@H]3CCS(=O)(=O)C3)c1=O)CCC2. The lowest BCUT2D eigenvalue weighted by Gasteiger charge is -2.28. The van der Waals surface area contributed by atoms with Crippen LogP contribution in [0.15, 0.2) is 39.9 Å².